The van der Waals surface area contributed by atoms with Crippen LogP contribution < -0.4 is 0 Å². The molecule has 0 radical (unpaired) electrons. The van der Waals surface area contributed by atoms with Gasteiger partial charge in [-0.15, -0.1) is 0 Å². The van der Waals surface area contributed by atoms with Gasteiger partial charge in [0.05, 0.1) is 19.1 Å². The Morgan fingerprint density at radius 2 is 2.00 bits per heavy atom. The second kappa shape index (κ2) is 7.19. The number of hydrogen-bond donors (Lipinski definition) is 0. The quantitative estimate of drug-likeness (QED) is 0.573. The average molecular weight is 327 g/mol. The number of carbonyl (C=O) groups excluding carboxylic acids is 1. The van der Waals surface area contributed by atoms with Crippen LogP contribution in [0.15, 0.2) is 9.66 Å². The summed E-state index contributed by atoms with van der Waals surface area (Å²) in [6.45, 7) is 3.77. The molecule has 0 aromatic heterocycles. The first-order valence-electron chi connectivity index (χ1n) is 4.60. The molecule has 0 heterocycles. The number of nitrogens with zero attached hydrogens (tertiary/aromatic N) is 1. The summed E-state index contributed by atoms with van der Waals surface area (Å²) >= 11 is 2.14. The molecule has 0 fully saturated rings. The van der Waals surface area contributed by atoms with E-state index in [2.05, 4.69) is 22.6 Å². The maximum atomic E-state index is 11.8. The summed E-state index contributed by atoms with van der Waals surface area (Å²) < 4.78 is 7.22. The number of hydroxylamine groups is 2. The lowest BCUT2D eigenvalue weighted by Crippen LogP contribution is -2.38. The van der Waals surface area contributed by atoms with Crippen LogP contribution in [0.5, 0.6) is 0 Å². The van der Waals surface area contributed by atoms with E-state index < -0.39 is 0 Å². The maximum Gasteiger partial charge on any atom is 0.251 e. The number of halogens is 1. The van der Waals surface area contributed by atoms with Crippen molar-refractivity contribution in [3.05, 3.63) is 9.66 Å². The molecule has 0 aliphatic rings. The van der Waals surface area contributed by atoms with E-state index in [0.29, 0.717) is 0 Å². The first-order valence-corrected chi connectivity index (χ1v) is 5.85. The number of hydrogen-bond acceptors (Lipinski definition) is 3. The van der Waals surface area contributed by atoms with Crippen molar-refractivity contribution < 1.29 is 14.4 Å². The van der Waals surface area contributed by atoms with Crippen LogP contribution in [-0.4, -0.2) is 38.3 Å². The zero-order valence-electron chi connectivity index (χ0n) is 9.78. The molecule has 0 aliphatic heterocycles. The maximum absolute atomic E-state index is 11.8. The predicted octanol–water partition coefficient (Wildman–Crippen LogP) is 2.00. The average Bonchev–Trinajstić information content (AvgIpc) is 2.27. The molecule has 0 saturated heterocycles. The van der Waals surface area contributed by atoms with Crippen LogP contribution in [0.1, 0.15) is 13.8 Å². The highest BCUT2D eigenvalue weighted by Gasteiger charge is 2.27. The monoisotopic (exact) mass is 327 g/mol. The molecule has 0 saturated carbocycles. The summed E-state index contributed by atoms with van der Waals surface area (Å²) in [5.41, 5.74) is 1.03. The normalized spacial score (nSPS) is 16.0. The van der Waals surface area contributed by atoms with Crippen molar-refractivity contribution in [3.8, 4) is 0 Å². The van der Waals surface area contributed by atoms with E-state index in [-0.39, 0.29) is 17.9 Å². The second-order valence-electron chi connectivity index (χ2n) is 3.32. The van der Waals surface area contributed by atoms with Crippen LogP contribution in [0.2, 0.25) is 0 Å². The summed E-state index contributed by atoms with van der Waals surface area (Å²) in [6, 6.07) is 0. The van der Waals surface area contributed by atoms with E-state index in [1.165, 1.54) is 12.2 Å². The molecule has 15 heavy (non-hydrogen) atoms. The van der Waals surface area contributed by atoms with Crippen LogP contribution >= 0.6 is 22.6 Å². The molecular weight excluding hydrogens is 309 g/mol. The third-order valence-corrected chi connectivity index (χ3v) is 3.29. The first-order chi connectivity index (χ1) is 6.99. The highest BCUT2D eigenvalue weighted by molar-refractivity contribution is 14.1. The van der Waals surface area contributed by atoms with E-state index in [1.807, 2.05) is 17.9 Å². The van der Waals surface area contributed by atoms with Crippen LogP contribution in [-0.2, 0) is 14.4 Å². The van der Waals surface area contributed by atoms with Crippen molar-refractivity contribution in [2.45, 2.75) is 20.0 Å². The van der Waals surface area contributed by atoms with E-state index >= 15 is 0 Å². The minimum Gasteiger partial charge on any atom is -0.376 e. The van der Waals surface area contributed by atoms with Gasteiger partial charge in [-0.1, -0.05) is 29.5 Å². The lowest BCUT2D eigenvalue weighted by Gasteiger charge is -2.25. The van der Waals surface area contributed by atoms with Crippen molar-refractivity contribution in [2.24, 2.45) is 5.92 Å². The van der Waals surface area contributed by atoms with Crippen LogP contribution in [0, 0.1) is 5.92 Å². The Kier molecular flexibility index (Phi) is 7.12. The lowest BCUT2D eigenvalue weighted by atomic mass is 9.98. The molecule has 0 N–H and O–H groups in total. The minimum atomic E-state index is -0.258. The zero-order chi connectivity index (χ0) is 12.0. The fourth-order valence-electron chi connectivity index (χ4n) is 1.35. The van der Waals surface area contributed by atoms with Crippen molar-refractivity contribution in [1.82, 2.24) is 5.06 Å². The van der Waals surface area contributed by atoms with Gasteiger partial charge in [-0.2, -0.15) is 0 Å². The molecule has 0 unspecified atom stereocenters. The van der Waals surface area contributed by atoms with Crippen LogP contribution in [0.4, 0.5) is 0 Å². The summed E-state index contributed by atoms with van der Waals surface area (Å²) in [7, 11) is 4.66. The van der Waals surface area contributed by atoms with E-state index in [9.17, 15) is 4.79 Å². The van der Waals surface area contributed by atoms with Gasteiger partial charge in [-0.05, 0) is 16.6 Å². The highest BCUT2D eigenvalue weighted by Crippen LogP contribution is 2.18. The highest BCUT2D eigenvalue weighted by atomic mass is 127. The summed E-state index contributed by atoms with van der Waals surface area (Å²) in [5, 5.41) is 1.22. The topological polar surface area (TPSA) is 38.8 Å². The molecule has 0 aromatic carbocycles. The van der Waals surface area contributed by atoms with Gasteiger partial charge < -0.3 is 4.74 Å². The van der Waals surface area contributed by atoms with Gasteiger partial charge >= 0.3 is 0 Å². The molecule has 5 heteroatoms. The van der Waals surface area contributed by atoms with Crippen molar-refractivity contribution in [1.29, 1.82) is 0 Å². The Hall–Kier alpha value is -0.140. The van der Waals surface area contributed by atoms with Gasteiger partial charge in [0.15, 0.2) is 0 Å². The van der Waals surface area contributed by atoms with Crippen molar-refractivity contribution >= 4 is 28.5 Å². The zero-order valence-corrected chi connectivity index (χ0v) is 11.9. The van der Waals surface area contributed by atoms with E-state index in [0.717, 1.165) is 5.57 Å². The largest absolute Gasteiger partial charge is 0.376 e. The molecule has 4 nitrogen and oxygen atoms in total. The van der Waals surface area contributed by atoms with Gasteiger partial charge in [0.1, 0.15) is 0 Å². The third-order valence-electron chi connectivity index (χ3n) is 2.30. The Bertz CT molecular complexity index is 243. The van der Waals surface area contributed by atoms with Crippen LogP contribution in [0.3, 0.4) is 0 Å². The molecule has 0 spiro atoms. The molecule has 88 valence electrons. The molecule has 0 bridgehead atoms. The van der Waals surface area contributed by atoms with E-state index in [4.69, 9.17) is 9.57 Å². The molecular formula is C10H18INO3. The number of carbonyl (C=O) groups is 1. The number of ether oxygens (including phenoxy) is 1. The minimum absolute atomic E-state index is 0.0954. The van der Waals surface area contributed by atoms with Gasteiger partial charge in [0, 0.05) is 14.2 Å². The third kappa shape index (κ3) is 4.08. The van der Waals surface area contributed by atoms with E-state index in [1.54, 1.807) is 14.2 Å². The Morgan fingerprint density at radius 3 is 2.33 bits per heavy atom. The number of rotatable bonds is 5. The molecule has 2 atom stereocenters. The second-order valence-corrected chi connectivity index (χ2v) is 3.94. The number of amides is 1. The Morgan fingerprint density at radius 1 is 1.47 bits per heavy atom. The standard InChI is InChI=1S/C10H18INO3/c1-7(6-11)9(14-4)8(2)10(13)12(3)15-5/h6,8-9H,1-5H3/b7-6+/t8-,9-/m1/s1. The summed E-state index contributed by atoms with van der Waals surface area (Å²) in [4.78, 5) is 16.6. The lowest BCUT2D eigenvalue weighted by molar-refractivity contribution is -0.176. The fraction of sp³-hybridized carbons (Fsp3) is 0.700. The Labute approximate surface area is 105 Å². The fourth-order valence-corrected chi connectivity index (χ4v) is 1.71. The molecule has 0 aromatic rings. The Balaban J connectivity index is 4.65. The summed E-state index contributed by atoms with van der Waals surface area (Å²) in [6.07, 6.45) is -0.202. The summed E-state index contributed by atoms with van der Waals surface area (Å²) in [5.74, 6) is -0.354. The van der Waals surface area contributed by atoms with Gasteiger partial charge in [-0.25, -0.2) is 5.06 Å². The predicted molar refractivity (Wildman–Crippen MR) is 67.5 cm³/mol. The molecule has 1 amide bonds. The van der Waals surface area contributed by atoms with Gasteiger partial charge in [0.25, 0.3) is 5.91 Å². The van der Waals surface area contributed by atoms with Gasteiger partial charge in [0.2, 0.25) is 0 Å². The van der Waals surface area contributed by atoms with Crippen LogP contribution in [0.25, 0.3) is 0 Å². The molecule has 0 rings (SSSR count). The SMILES string of the molecule is CO[C@H](/C(C)=C/I)[C@@H](C)C(=O)N(C)OC. The van der Waals surface area contributed by atoms with Gasteiger partial charge in [-0.3, -0.25) is 9.63 Å². The first kappa shape index (κ1) is 14.9. The smallest absolute Gasteiger partial charge is 0.251 e. The number of methoxy groups -OCH3 is 1. The van der Waals surface area contributed by atoms with Crippen molar-refractivity contribution in [2.75, 3.05) is 21.3 Å². The van der Waals surface area contributed by atoms with Crippen molar-refractivity contribution in [3.63, 3.8) is 0 Å². The molecule has 0 aliphatic carbocycles.